The van der Waals surface area contributed by atoms with Crippen molar-refractivity contribution >= 4 is 56.9 Å². The number of methoxy groups -OCH3 is 1. The number of hydrogen-bond donors (Lipinski definition) is 1. The fraction of sp³-hybridized carbons (Fsp3) is 0.286. The van der Waals surface area contributed by atoms with Gasteiger partial charge in [0, 0.05) is 20.5 Å². The van der Waals surface area contributed by atoms with Gasteiger partial charge in [-0.2, -0.15) is 5.10 Å². The highest BCUT2D eigenvalue weighted by Crippen LogP contribution is 2.34. The Balaban J connectivity index is 1.26. The van der Waals surface area contributed by atoms with Gasteiger partial charge in [-0.15, -0.1) is 11.3 Å². The highest BCUT2D eigenvalue weighted by molar-refractivity contribution is 7.18. The van der Waals surface area contributed by atoms with Crippen LogP contribution in [0.5, 0.6) is 11.5 Å². The molecular weight excluding hydrogens is 559 g/mol. The second-order valence-electron chi connectivity index (χ2n) is 9.16. The van der Waals surface area contributed by atoms with E-state index in [1.807, 2.05) is 0 Å². The minimum absolute atomic E-state index is 0.171. The number of thiophene rings is 1. The van der Waals surface area contributed by atoms with E-state index in [9.17, 15) is 9.59 Å². The SMILES string of the molecule is COc1cc(C=NNC(=O)C(C)n2cnc3sc4c(c3c2=O)CCCC4)ccc1OCc1c(Cl)cccc1Cl. The van der Waals surface area contributed by atoms with Gasteiger partial charge in [0.1, 0.15) is 17.5 Å². The van der Waals surface area contributed by atoms with Crippen LogP contribution < -0.4 is 20.5 Å². The third kappa shape index (κ3) is 5.66. The molecule has 0 fully saturated rings. The molecule has 1 atom stereocenters. The summed E-state index contributed by atoms with van der Waals surface area (Å²) >= 11 is 14.0. The van der Waals surface area contributed by atoms with E-state index >= 15 is 0 Å². The van der Waals surface area contributed by atoms with Crippen molar-refractivity contribution in [2.75, 3.05) is 7.11 Å². The Labute approximate surface area is 239 Å². The van der Waals surface area contributed by atoms with Crippen LogP contribution in [0.15, 0.2) is 52.6 Å². The summed E-state index contributed by atoms with van der Waals surface area (Å²) in [7, 11) is 1.53. The zero-order valence-corrected chi connectivity index (χ0v) is 23.7. The van der Waals surface area contributed by atoms with Gasteiger partial charge in [0.05, 0.1) is 25.0 Å². The number of carbonyl (C=O) groups is 1. The van der Waals surface area contributed by atoms with E-state index in [0.717, 1.165) is 36.1 Å². The first-order valence-electron chi connectivity index (χ1n) is 12.5. The number of nitrogens with one attached hydrogen (secondary N) is 1. The molecule has 2 heterocycles. The van der Waals surface area contributed by atoms with Gasteiger partial charge in [-0.1, -0.05) is 29.3 Å². The Kier molecular flexibility index (Phi) is 8.20. The van der Waals surface area contributed by atoms with Crippen molar-refractivity contribution in [3.63, 3.8) is 0 Å². The maximum atomic E-state index is 13.3. The fourth-order valence-corrected chi connectivity index (χ4v) is 6.26. The van der Waals surface area contributed by atoms with Crippen LogP contribution in [0.3, 0.4) is 0 Å². The molecule has 1 aliphatic rings. The molecule has 202 valence electrons. The number of ether oxygens (including phenoxy) is 2. The molecule has 39 heavy (non-hydrogen) atoms. The number of hydrogen-bond acceptors (Lipinski definition) is 7. The third-order valence-corrected chi connectivity index (χ3v) is 8.61. The molecule has 0 saturated heterocycles. The quantitative estimate of drug-likeness (QED) is 0.204. The molecule has 0 aliphatic heterocycles. The average molecular weight is 586 g/mol. The summed E-state index contributed by atoms with van der Waals surface area (Å²) in [4.78, 5) is 32.5. The number of benzene rings is 2. The van der Waals surface area contributed by atoms with E-state index < -0.39 is 11.9 Å². The number of halogens is 2. The molecule has 0 saturated carbocycles. The number of fused-ring (bicyclic) bond motifs is 3. The van der Waals surface area contributed by atoms with Crippen molar-refractivity contribution in [2.24, 2.45) is 5.10 Å². The maximum absolute atomic E-state index is 13.3. The monoisotopic (exact) mass is 584 g/mol. The van der Waals surface area contributed by atoms with E-state index in [0.29, 0.717) is 38.1 Å². The lowest BCUT2D eigenvalue weighted by atomic mass is 9.97. The summed E-state index contributed by atoms with van der Waals surface area (Å²) in [5, 5.41) is 5.75. The van der Waals surface area contributed by atoms with Gasteiger partial charge in [-0.05, 0) is 74.1 Å². The van der Waals surface area contributed by atoms with E-state index in [-0.39, 0.29) is 12.2 Å². The number of rotatable bonds is 8. The van der Waals surface area contributed by atoms with E-state index in [1.54, 1.807) is 54.7 Å². The predicted octanol–water partition coefficient (Wildman–Crippen LogP) is 5.94. The van der Waals surface area contributed by atoms with Crippen LogP contribution in [0.4, 0.5) is 0 Å². The van der Waals surface area contributed by atoms with Crippen LogP contribution in [0.25, 0.3) is 10.2 Å². The Hall–Kier alpha value is -3.40. The van der Waals surface area contributed by atoms with E-state index in [4.69, 9.17) is 32.7 Å². The first-order chi connectivity index (χ1) is 18.9. The molecule has 0 spiro atoms. The second kappa shape index (κ2) is 11.8. The summed E-state index contributed by atoms with van der Waals surface area (Å²) in [5.74, 6) is 0.551. The minimum Gasteiger partial charge on any atom is -0.493 e. The van der Waals surface area contributed by atoms with Crippen LogP contribution in [-0.2, 0) is 24.2 Å². The molecule has 5 rings (SSSR count). The number of nitrogens with zero attached hydrogens (tertiary/aromatic N) is 3. The zero-order valence-electron chi connectivity index (χ0n) is 21.4. The molecule has 0 bridgehead atoms. The maximum Gasteiger partial charge on any atom is 0.263 e. The van der Waals surface area contributed by atoms with Gasteiger partial charge in [0.15, 0.2) is 11.5 Å². The summed E-state index contributed by atoms with van der Waals surface area (Å²) in [6.07, 6.45) is 6.98. The Morgan fingerprint density at radius 3 is 2.74 bits per heavy atom. The van der Waals surface area contributed by atoms with Crippen LogP contribution in [0.2, 0.25) is 10.0 Å². The van der Waals surface area contributed by atoms with Gasteiger partial charge in [0.2, 0.25) is 0 Å². The largest absolute Gasteiger partial charge is 0.493 e. The number of aromatic nitrogens is 2. The van der Waals surface area contributed by atoms with Gasteiger partial charge >= 0.3 is 0 Å². The Morgan fingerprint density at radius 1 is 1.21 bits per heavy atom. The third-order valence-electron chi connectivity index (χ3n) is 6.71. The average Bonchev–Trinajstić information content (AvgIpc) is 3.32. The molecule has 1 unspecified atom stereocenters. The molecule has 0 radical (unpaired) electrons. The molecule has 1 aliphatic carbocycles. The smallest absolute Gasteiger partial charge is 0.263 e. The predicted molar refractivity (Wildman–Crippen MR) is 155 cm³/mol. The van der Waals surface area contributed by atoms with Crippen molar-refractivity contribution in [3.05, 3.63) is 84.7 Å². The van der Waals surface area contributed by atoms with Crippen LogP contribution in [0, 0.1) is 0 Å². The second-order valence-corrected chi connectivity index (χ2v) is 11.1. The zero-order chi connectivity index (χ0) is 27.5. The topological polar surface area (TPSA) is 94.8 Å². The van der Waals surface area contributed by atoms with Crippen molar-refractivity contribution in [3.8, 4) is 11.5 Å². The molecule has 4 aromatic rings. The number of carbonyl (C=O) groups excluding carboxylic acids is 1. The van der Waals surface area contributed by atoms with Gasteiger partial charge in [0.25, 0.3) is 11.5 Å². The van der Waals surface area contributed by atoms with Gasteiger partial charge in [-0.25, -0.2) is 10.4 Å². The van der Waals surface area contributed by atoms with E-state index in [1.165, 1.54) is 29.1 Å². The molecule has 8 nitrogen and oxygen atoms in total. The highest BCUT2D eigenvalue weighted by atomic mass is 35.5. The summed E-state index contributed by atoms with van der Waals surface area (Å²) in [5.41, 5.74) is 4.77. The highest BCUT2D eigenvalue weighted by Gasteiger charge is 2.23. The first kappa shape index (κ1) is 27.2. The normalized spacial score (nSPS) is 13.8. The lowest BCUT2D eigenvalue weighted by molar-refractivity contribution is -0.123. The summed E-state index contributed by atoms with van der Waals surface area (Å²) < 4.78 is 12.7. The lowest BCUT2D eigenvalue weighted by Crippen LogP contribution is -2.34. The molecule has 2 aromatic carbocycles. The lowest BCUT2D eigenvalue weighted by Gasteiger charge is -2.14. The van der Waals surface area contributed by atoms with Crippen LogP contribution in [-0.4, -0.2) is 28.8 Å². The molecule has 2 aromatic heterocycles. The summed E-state index contributed by atoms with van der Waals surface area (Å²) in [6, 6.07) is 9.71. The Morgan fingerprint density at radius 2 is 1.97 bits per heavy atom. The fourth-order valence-electron chi connectivity index (χ4n) is 4.53. The first-order valence-corrected chi connectivity index (χ1v) is 14.0. The van der Waals surface area contributed by atoms with Crippen molar-refractivity contribution in [1.29, 1.82) is 0 Å². The van der Waals surface area contributed by atoms with Crippen LogP contribution in [0.1, 0.15) is 47.4 Å². The molecule has 11 heteroatoms. The molecule has 1 amide bonds. The van der Waals surface area contributed by atoms with Gasteiger partial charge < -0.3 is 9.47 Å². The Bertz CT molecular complexity index is 1610. The van der Waals surface area contributed by atoms with Crippen molar-refractivity contribution < 1.29 is 14.3 Å². The number of hydrazone groups is 1. The summed E-state index contributed by atoms with van der Waals surface area (Å²) in [6.45, 7) is 1.82. The van der Waals surface area contributed by atoms with Gasteiger partial charge in [-0.3, -0.25) is 14.2 Å². The van der Waals surface area contributed by atoms with E-state index in [2.05, 4.69) is 15.5 Å². The van der Waals surface area contributed by atoms with Crippen LogP contribution >= 0.6 is 34.5 Å². The van der Waals surface area contributed by atoms with Crippen molar-refractivity contribution in [2.45, 2.75) is 45.3 Å². The minimum atomic E-state index is -0.785. The molecular formula is C28H26Cl2N4O4S. The molecule has 1 N–H and O–H groups in total. The van der Waals surface area contributed by atoms with Crippen molar-refractivity contribution in [1.82, 2.24) is 15.0 Å². The number of aryl methyl sites for hydroxylation is 2. The number of amides is 1. The standard InChI is InChI=1S/C28H26Cl2N4O4S/c1-16(34-15-31-27-25(28(34)36)18-6-3-4-9-24(18)39-27)26(35)33-32-13-17-10-11-22(23(12-17)37-2)38-14-19-20(29)7-5-8-21(19)30/h5,7-8,10-13,15-16H,3-4,6,9,14H2,1-2H3,(H,33,35).